The molecule has 0 bridgehead atoms. The van der Waals surface area contributed by atoms with Gasteiger partial charge in [-0.2, -0.15) is 0 Å². The normalized spacial score (nSPS) is 10.4. The van der Waals surface area contributed by atoms with Crippen LogP contribution in [-0.4, -0.2) is 6.54 Å². The van der Waals surface area contributed by atoms with E-state index in [1.165, 1.54) is 30.4 Å². The molecule has 14 heavy (non-hydrogen) atoms. The maximum Gasteiger partial charge on any atom is -0.00773 e. The molecule has 0 aliphatic carbocycles. The van der Waals surface area contributed by atoms with E-state index in [1.807, 2.05) is 0 Å². The minimum atomic E-state index is 0.828. The van der Waals surface area contributed by atoms with Crippen molar-refractivity contribution >= 4 is 0 Å². The van der Waals surface area contributed by atoms with Crippen LogP contribution in [0.1, 0.15) is 37.3 Å². The molecule has 0 saturated carbocycles. The highest BCUT2D eigenvalue weighted by atomic mass is 14.5. The van der Waals surface area contributed by atoms with Crippen LogP contribution in [0.2, 0.25) is 0 Å². The lowest BCUT2D eigenvalue weighted by atomic mass is 10.0. The van der Waals surface area contributed by atoms with E-state index in [-0.39, 0.29) is 0 Å². The molecule has 1 nitrogen and oxygen atoms in total. The summed E-state index contributed by atoms with van der Waals surface area (Å²) < 4.78 is 0. The zero-order valence-corrected chi connectivity index (χ0v) is 9.13. The lowest BCUT2D eigenvalue weighted by Crippen LogP contribution is -1.98. The molecule has 0 spiro atoms. The number of rotatable bonds is 6. The summed E-state index contributed by atoms with van der Waals surface area (Å²) in [7, 11) is 0. The van der Waals surface area contributed by atoms with Gasteiger partial charge in [-0.15, -0.1) is 0 Å². The van der Waals surface area contributed by atoms with Crippen molar-refractivity contribution in [2.24, 2.45) is 5.73 Å². The highest BCUT2D eigenvalue weighted by Crippen LogP contribution is 2.08. The molecule has 0 amide bonds. The largest absolute Gasteiger partial charge is 0.330 e. The van der Waals surface area contributed by atoms with Gasteiger partial charge < -0.3 is 5.73 Å². The molecule has 1 heteroatoms. The Morgan fingerprint density at radius 2 is 1.57 bits per heavy atom. The van der Waals surface area contributed by atoms with Crippen molar-refractivity contribution in [2.75, 3.05) is 6.54 Å². The standard InChI is InChI=1S/C13H21N/c1-2-12-7-9-13(10-8-12)6-4-3-5-11-14/h7-10H,2-6,11,14H2,1H3. The molecule has 0 atom stereocenters. The number of hydrogen-bond acceptors (Lipinski definition) is 1. The number of hydrogen-bond donors (Lipinski definition) is 1. The minimum absolute atomic E-state index is 0.828. The van der Waals surface area contributed by atoms with Crippen molar-refractivity contribution in [1.82, 2.24) is 0 Å². The van der Waals surface area contributed by atoms with E-state index in [9.17, 15) is 0 Å². The predicted octanol–water partition coefficient (Wildman–Crippen LogP) is 2.92. The molecular formula is C13H21N. The third kappa shape index (κ3) is 3.93. The minimum Gasteiger partial charge on any atom is -0.330 e. The lowest BCUT2D eigenvalue weighted by molar-refractivity contribution is 0.686. The zero-order valence-electron chi connectivity index (χ0n) is 9.13. The van der Waals surface area contributed by atoms with Gasteiger partial charge in [0, 0.05) is 0 Å². The number of nitrogens with two attached hydrogens (primary N) is 1. The maximum atomic E-state index is 5.45. The third-order valence-electron chi connectivity index (χ3n) is 2.60. The molecule has 0 aliphatic rings. The van der Waals surface area contributed by atoms with Crippen LogP contribution in [0.25, 0.3) is 0 Å². The number of unbranched alkanes of at least 4 members (excludes halogenated alkanes) is 2. The Bertz CT molecular complexity index is 238. The number of aryl methyl sites for hydroxylation is 2. The van der Waals surface area contributed by atoms with Crippen LogP contribution >= 0.6 is 0 Å². The molecule has 0 aliphatic heterocycles. The Morgan fingerprint density at radius 3 is 2.14 bits per heavy atom. The topological polar surface area (TPSA) is 26.0 Å². The predicted molar refractivity (Wildman–Crippen MR) is 62.4 cm³/mol. The SMILES string of the molecule is CCc1ccc(CCCCCN)cc1. The van der Waals surface area contributed by atoms with Gasteiger partial charge in [0.2, 0.25) is 0 Å². The van der Waals surface area contributed by atoms with Crippen LogP contribution in [0.15, 0.2) is 24.3 Å². The first kappa shape index (κ1) is 11.3. The first-order chi connectivity index (χ1) is 6.86. The monoisotopic (exact) mass is 191 g/mol. The van der Waals surface area contributed by atoms with E-state index in [0.29, 0.717) is 0 Å². The average Bonchev–Trinajstić information content (AvgIpc) is 2.25. The maximum absolute atomic E-state index is 5.45. The summed E-state index contributed by atoms with van der Waals surface area (Å²) in [6.45, 7) is 3.02. The number of benzene rings is 1. The first-order valence-electron chi connectivity index (χ1n) is 5.64. The third-order valence-corrected chi connectivity index (χ3v) is 2.60. The van der Waals surface area contributed by atoms with E-state index in [1.54, 1.807) is 0 Å². The summed E-state index contributed by atoms with van der Waals surface area (Å²) in [6, 6.07) is 8.97. The smallest absolute Gasteiger partial charge is 0.00773 e. The fourth-order valence-corrected chi connectivity index (χ4v) is 1.59. The molecule has 1 aromatic rings. The molecule has 0 heterocycles. The second-order valence-corrected chi connectivity index (χ2v) is 3.77. The zero-order chi connectivity index (χ0) is 10.2. The Labute approximate surface area is 87.3 Å². The van der Waals surface area contributed by atoms with Gasteiger partial charge in [0.1, 0.15) is 0 Å². The highest BCUT2D eigenvalue weighted by molar-refractivity contribution is 5.22. The first-order valence-corrected chi connectivity index (χ1v) is 5.64. The van der Waals surface area contributed by atoms with Crippen molar-refractivity contribution in [1.29, 1.82) is 0 Å². The molecule has 1 rings (SSSR count). The van der Waals surface area contributed by atoms with Gasteiger partial charge in [0.05, 0.1) is 0 Å². The van der Waals surface area contributed by atoms with Crippen molar-refractivity contribution in [3.05, 3.63) is 35.4 Å². The van der Waals surface area contributed by atoms with Crippen LogP contribution < -0.4 is 5.73 Å². The van der Waals surface area contributed by atoms with Crippen LogP contribution in [0.5, 0.6) is 0 Å². The van der Waals surface area contributed by atoms with Gasteiger partial charge in [-0.1, -0.05) is 37.6 Å². The quantitative estimate of drug-likeness (QED) is 0.687. The van der Waals surface area contributed by atoms with Gasteiger partial charge in [0.25, 0.3) is 0 Å². The van der Waals surface area contributed by atoms with E-state index in [0.717, 1.165) is 19.4 Å². The fourth-order valence-electron chi connectivity index (χ4n) is 1.59. The Morgan fingerprint density at radius 1 is 0.929 bits per heavy atom. The van der Waals surface area contributed by atoms with Crippen LogP contribution in [-0.2, 0) is 12.8 Å². The molecule has 1 aromatic carbocycles. The molecule has 0 radical (unpaired) electrons. The summed E-state index contributed by atoms with van der Waals surface area (Å²) in [5.41, 5.74) is 8.33. The average molecular weight is 191 g/mol. The van der Waals surface area contributed by atoms with Gasteiger partial charge in [-0.05, 0) is 43.4 Å². The van der Waals surface area contributed by atoms with Gasteiger partial charge in [0.15, 0.2) is 0 Å². The van der Waals surface area contributed by atoms with Crippen molar-refractivity contribution in [2.45, 2.75) is 39.0 Å². The summed E-state index contributed by atoms with van der Waals surface area (Å²) in [5, 5.41) is 0. The van der Waals surface area contributed by atoms with E-state index in [2.05, 4.69) is 31.2 Å². The van der Waals surface area contributed by atoms with Crippen molar-refractivity contribution < 1.29 is 0 Å². The molecule has 0 aromatic heterocycles. The van der Waals surface area contributed by atoms with Crippen molar-refractivity contribution in [3.8, 4) is 0 Å². The molecule has 0 saturated heterocycles. The molecule has 2 N–H and O–H groups in total. The summed E-state index contributed by atoms with van der Waals surface area (Å²) in [5.74, 6) is 0. The summed E-state index contributed by atoms with van der Waals surface area (Å²) in [4.78, 5) is 0. The van der Waals surface area contributed by atoms with Crippen LogP contribution in [0, 0.1) is 0 Å². The van der Waals surface area contributed by atoms with Crippen LogP contribution in [0.4, 0.5) is 0 Å². The molecular weight excluding hydrogens is 170 g/mol. The van der Waals surface area contributed by atoms with E-state index < -0.39 is 0 Å². The second kappa shape index (κ2) is 6.61. The molecule has 0 fully saturated rings. The van der Waals surface area contributed by atoms with Gasteiger partial charge >= 0.3 is 0 Å². The summed E-state index contributed by atoms with van der Waals surface area (Å²) in [6.07, 6.45) is 6.01. The molecule has 78 valence electrons. The Kier molecular flexibility index (Phi) is 5.31. The van der Waals surface area contributed by atoms with Gasteiger partial charge in [-0.25, -0.2) is 0 Å². The second-order valence-electron chi connectivity index (χ2n) is 3.77. The molecule has 0 unspecified atom stereocenters. The van der Waals surface area contributed by atoms with Gasteiger partial charge in [-0.3, -0.25) is 0 Å². The van der Waals surface area contributed by atoms with Crippen LogP contribution in [0.3, 0.4) is 0 Å². The Hall–Kier alpha value is -0.820. The van der Waals surface area contributed by atoms with Crippen molar-refractivity contribution in [3.63, 3.8) is 0 Å². The summed E-state index contributed by atoms with van der Waals surface area (Å²) >= 11 is 0. The van der Waals surface area contributed by atoms with E-state index in [4.69, 9.17) is 5.73 Å². The fraction of sp³-hybridized carbons (Fsp3) is 0.538. The van der Waals surface area contributed by atoms with E-state index >= 15 is 0 Å². The highest BCUT2D eigenvalue weighted by Gasteiger charge is 1.93. The lowest BCUT2D eigenvalue weighted by Gasteiger charge is -2.02. The Balaban J connectivity index is 2.29.